The first kappa shape index (κ1) is 13.7. The van der Waals surface area contributed by atoms with E-state index in [1.165, 1.54) is 0 Å². The number of benzene rings is 1. The second-order valence-corrected chi connectivity index (χ2v) is 5.06. The standard InChI is InChI=1S/C16H21NO2/c1-5-6-9-19-16-12(3)13(4)17(18)15-8-7-11(2)10-14(15)16/h7-8,10H,5-6,9H2,1-4H3. The predicted octanol–water partition coefficient (Wildman–Crippen LogP) is 3.58. The molecule has 1 aromatic carbocycles. The van der Waals surface area contributed by atoms with Gasteiger partial charge < -0.3 is 9.94 Å². The van der Waals surface area contributed by atoms with Crippen molar-refractivity contribution in [3.63, 3.8) is 0 Å². The van der Waals surface area contributed by atoms with E-state index in [0.29, 0.717) is 17.8 Å². The Morgan fingerprint density at radius 2 is 1.95 bits per heavy atom. The minimum Gasteiger partial charge on any atom is -0.618 e. The second kappa shape index (κ2) is 5.47. The van der Waals surface area contributed by atoms with Gasteiger partial charge in [-0.15, -0.1) is 0 Å². The molecule has 0 amide bonds. The predicted molar refractivity (Wildman–Crippen MR) is 77.5 cm³/mol. The number of aromatic nitrogens is 1. The van der Waals surface area contributed by atoms with Gasteiger partial charge in [-0.2, -0.15) is 4.73 Å². The molecule has 0 unspecified atom stereocenters. The fraction of sp³-hybridized carbons (Fsp3) is 0.438. The Balaban J connectivity index is 2.61. The average molecular weight is 259 g/mol. The van der Waals surface area contributed by atoms with E-state index < -0.39 is 0 Å². The van der Waals surface area contributed by atoms with E-state index in [9.17, 15) is 5.21 Å². The third kappa shape index (κ3) is 2.50. The maximum atomic E-state index is 12.2. The Bertz CT molecular complexity index is 605. The molecule has 3 heteroatoms. The van der Waals surface area contributed by atoms with E-state index in [1.807, 2.05) is 39.0 Å². The number of aryl methyl sites for hydroxylation is 1. The molecule has 0 saturated heterocycles. The molecule has 0 bridgehead atoms. The van der Waals surface area contributed by atoms with Crippen molar-refractivity contribution in [2.75, 3.05) is 6.61 Å². The van der Waals surface area contributed by atoms with Crippen molar-refractivity contribution in [1.29, 1.82) is 0 Å². The molecule has 0 radical (unpaired) electrons. The van der Waals surface area contributed by atoms with Crippen LogP contribution in [0, 0.1) is 26.0 Å². The summed E-state index contributed by atoms with van der Waals surface area (Å²) in [5.41, 5.74) is 3.46. The lowest BCUT2D eigenvalue weighted by Gasteiger charge is -2.15. The van der Waals surface area contributed by atoms with Crippen LogP contribution in [0.25, 0.3) is 10.9 Å². The third-order valence-corrected chi connectivity index (χ3v) is 3.55. The molecule has 0 spiro atoms. The molecule has 1 heterocycles. The molecule has 0 saturated carbocycles. The molecule has 0 N–H and O–H groups in total. The normalized spacial score (nSPS) is 10.9. The SMILES string of the molecule is CCCCOc1c(C)c(C)[n+]([O-])c2ccc(C)cc12. The quantitative estimate of drug-likeness (QED) is 0.478. The van der Waals surface area contributed by atoms with E-state index in [1.54, 1.807) is 0 Å². The molecule has 0 aliphatic rings. The monoisotopic (exact) mass is 259 g/mol. The zero-order chi connectivity index (χ0) is 14.0. The topological polar surface area (TPSA) is 36.2 Å². The number of unbranched alkanes of at least 4 members (excludes halogenated alkanes) is 1. The third-order valence-electron chi connectivity index (χ3n) is 3.55. The minimum atomic E-state index is 0.681. The number of ether oxygens (including phenoxy) is 1. The summed E-state index contributed by atoms with van der Waals surface area (Å²) in [6.07, 6.45) is 2.13. The van der Waals surface area contributed by atoms with Gasteiger partial charge in [0, 0.05) is 13.0 Å². The highest BCUT2D eigenvalue weighted by Gasteiger charge is 2.18. The van der Waals surface area contributed by atoms with Crippen molar-refractivity contribution in [2.24, 2.45) is 0 Å². The van der Waals surface area contributed by atoms with Gasteiger partial charge in [0.15, 0.2) is 5.69 Å². The van der Waals surface area contributed by atoms with Gasteiger partial charge in [0.1, 0.15) is 5.75 Å². The number of rotatable bonds is 4. The van der Waals surface area contributed by atoms with Crippen molar-refractivity contribution in [3.8, 4) is 5.75 Å². The van der Waals surface area contributed by atoms with Crippen LogP contribution < -0.4 is 9.47 Å². The van der Waals surface area contributed by atoms with Crippen LogP contribution in [0.1, 0.15) is 36.6 Å². The van der Waals surface area contributed by atoms with Crippen LogP contribution >= 0.6 is 0 Å². The van der Waals surface area contributed by atoms with E-state index in [-0.39, 0.29) is 0 Å². The van der Waals surface area contributed by atoms with Crippen molar-refractivity contribution in [2.45, 2.75) is 40.5 Å². The smallest absolute Gasteiger partial charge is 0.227 e. The number of hydrogen-bond acceptors (Lipinski definition) is 2. The number of nitrogens with zero attached hydrogens (tertiary/aromatic N) is 1. The van der Waals surface area contributed by atoms with Crippen LogP contribution in [-0.2, 0) is 0 Å². The highest BCUT2D eigenvalue weighted by atomic mass is 16.5. The Kier molecular flexibility index (Phi) is 3.93. The van der Waals surface area contributed by atoms with Crippen molar-refractivity contribution in [1.82, 2.24) is 0 Å². The van der Waals surface area contributed by atoms with Crippen molar-refractivity contribution in [3.05, 3.63) is 40.2 Å². The van der Waals surface area contributed by atoms with E-state index in [0.717, 1.165) is 39.8 Å². The van der Waals surface area contributed by atoms with Gasteiger partial charge in [-0.3, -0.25) is 0 Å². The lowest BCUT2D eigenvalue weighted by atomic mass is 10.1. The van der Waals surface area contributed by atoms with Crippen molar-refractivity contribution < 1.29 is 9.47 Å². The van der Waals surface area contributed by atoms with Crippen LogP contribution in [-0.4, -0.2) is 6.61 Å². The maximum Gasteiger partial charge on any atom is 0.227 e. The van der Waals surface area contributed by atoms with E-state index in [4.69, 9.17) is 4.74 Å². The van der Waals surface area contributed by atoms with Crippen LogP contribution in [0.3, 0.4) is 0 Å². The summed E-state index contributed by atoms with van der Waals surface area (Å²) in [6, 6.07) is 5.86. The van der Waals surface area contributed by atoms with Gasteiger partial charge in [-0.25, -0.2) is 0 Å². The van der Waals surface area contributed by atoms with Gasteiger partial charge >= 0.3 is 0 Å². The van der Waals surface area contributed by atoms with Crippen LogP contribution in [0.4, 0.5) is 0 Å². The first-order chi connectivity index (χ1) is 9.06. The summed E-state index contributed by atoms with van der Waals surface area (Å²) < 4.78 is 6.93. The lowest BCUT2D eigenvalue weighted by molar-refractivity contribution is -0.584. The first-order valence-corrected chi connectivity index (χ1v) is 6.82. The molecular formula is C16H21NO2. The molecule has 0 fully saturated rings. The molecule has 0 aliphatic carbocycles. The van der Waals surface area contributed by atoms with Gasteiger partial charge in [-0.1, -0.05) is 19.4 Å². The van der Waals surface area contributed by atoms with Gasteiger partial charge in [0.05, 0.1) is 17.6 Å². The fourth-order valence-corrected chi connectivity index (χ4v) is 2.21. The molecule has 102 valence electrons. The number of fused-ring (bicyclic) bond motifs is 1. The summed E-state index contributed by atoms with van der Waals surface area (Å²) in [7, 11) is 0. The molecule has 19 heavy (non-hydrogen) atoms. The largest absolute Gasteiger partial charge is 0.618 e. The Morgan fingerprint density at radius 3 is 2.63 bits per heavy atom. The van der Waals surface area contributed by atoms with Crippen molar-refractivity contribution >= 4 is 10.9 Å². The highest BCUT2D eigenvalue weighted by molar-refractivity contribution is 5.84. The van der Waals surface area contributed by atoms with Crippen LogP contribution in [0.15, 0.2) is 18.2 Å². The number of pyridine rings is 1. The maximum absolute atomic E-state index is 12.2. The molecular weight excluding hydrogens is 238 g/mol. The first-order valence-electron chi connectivity index (χ1n) is 6.82. The second-order valence-electron chi connectivity index (χ2n) is 5.06. The zero-order valence-electron chi connectivity index (χ0n) is 12.1. The zero-order valence-corrected chi connectivity index (χ0v) is 12.1. The summed E-state index contributed by atoms with van der Waals surface area (Å²) in [4.78, 5) is 0. The summed E-state index contributed by atoms with van der Waals surface area (Å²) in [5.74, 6) is 0.858. The average Bonchev–Trinajstić information content (AvgIpc) is 2.40. The minimum absolute atomic E-state index is 0.681. The van der Waals surface area contributed by atoms with Crippen LogP contribution in [0.5, 0.6) is 5.75 Å². The Labute approximate surface area is 114 Å². The van der Waals surface area contributed by atoms with E-state index in [2.05, 4.69) is 6.92 Å². The summed E-state index contributed by atoms with van der Waals surface area (Å²) in [6.45, 7) is 8.66. The Hall–Kier alpha value is -1.77. The number of hydrogen-bond donors (Lipinski definition) is 0. The molecule has 0 atom stereocenters. The molecule has 1 aromatic heterocycles. The van der Waals surface area contributed by atoms with Crippen LogP contribution in [0.2, 0.25) is 0 Å². The van der Waals surface area contributed by atoms with E-state index >= 15 is 0 Å². The Morgan fingerprint density at radius 1 is 1.21 bits per heavy atom. The summed E-state index contributed by atoms with van der Waals surface area (Å²) >= 11 is 0. The van der Waals surface area contributed by atoms with Gasteiger partial charge in [0.2, 0.25) is 5.52 Å². The fourth-order valence-electron chi connectivity index (χ4n) is 2.21. The molecule has 2 rings (SSSR count). The van der Waals surface area contributed by atoms with Gasteiger partial charge in [0.25, 0.3) is 0 Å². The molecule has 0 aliphatic heterocycles. The highest BCUT2D eigenvalue weighted by Crippen LogP contribution is 2.30. The molecule has 3 nitrogen and oxygen atoms in total. The van der Waals surface area contributed by atoms with Gasteiger partial charge in [-0.05, 0) is 31.9 Å². The molecule has 2 aromatic rings. The summed E-state index contributed by atoms with van der Waals surface area (Å²) in [5, 5.41) is 13.1. The lowest BCUT2D eigenvalue weighted by Crippen LogP contribution is -2.32.